The quantitative estimate of drug-likeness (QED) is 0.725. The van der Waals surface area contributed by atoms with E-state index in [1.807, 2.05) is 6.92 Å². The maximum absolute atomic E-state index is 12.1. The van der Waals surface area contributed by atoms with Crippen LogP contribution in [0.4, 0.5) is 0 Å². The van der Waals surface area contributed by atoms with Crippen LogP contribution < -0.4 is 0 Å². The minimum absolute atomic E-state index is 0.000556. The monoisotopic (exact) mass is 297 g/mol. The lowest BCUT2D eigenvalue weighted by atomic mass is 9.79. The summed E-state index contributed by atoms with van der Waals surface area (Å²) in [6.45, 7) is 10.0. The van der Waals surface area contributed by atoms with E-state index in [0.717, 1.165) is 45.6 Å². The number of rotatable bonds is 4. The molecule has 0 aromatic heterocycles. The zero-order valence-corrected chi connectivity index (χ0v) is 14.1. The first-order chi connectivity index (χ1) is 9.97. The molecule has 0 saturated carbocycles. The highest BCUT2D eigenvalue weighted by atomic mass is 16.5. The number of carbonyl (C=O) groups is 1. The number of esters is 1. The van der Waals surface area contributed by atoms with E-state index in [2.05, 4.69) is 35.7 Å². The van der Waals surface area contributed by atoms with Crippen LogP contribution in [0.25, 0.3) is 0 Å². The van der Waals surface area contributed by atoms with Gasteiger partial charge in [0.05, 0.1) is 13.0 Å². The highest BCUT2D eigenvalue weighted by Gasteiger charge is 2.44. The van der Waals surface area contributed by atoms with Crippen LogP contribution in [-0.2, 0) is 9.53 Å². The molecular weight excluding hydrogens is 266 g/mol. The van der Waals surface area contributed by atoms with Gasteiger partial charge < -0.3 is 14.5 Å². The lowest BCUT2D eigenvalue weighted by molar-refractivity contribution is -0.149. The van der Waals surface area contributed by atoms with Gasteiger partial charge in [-0.25, -0.2) is 0 Å². The van der Waals surface area contributed by atoms with Crippen LogP contribution in [0.5, 0.6) is 0 Å². The van der Waals surface area contributed by atoms with Crippen molar-refractivity contribution in [2.24, 2.45) is 0 Å². The van der Waals surface area contributed by atoms with Gasteiger partial charge >= 0.3 is 5.97 Å². The molecule has 2 heterocycles. The molecule has 2 unspecified atom stereocenters. The highest BCUT2D eigenvalue weighted by molar-refractivity contribution is 5.71. The molecule has 21 heavy (non-hydrogen) atoms. The van der Waals surface area contributed by atoms with E-state index in [-0.39, 0.29) is 11.5 Å². The average Bonchev–Trinajstić information content (AvgIpc) is 2.44. The minimum atomic E-state index is -0.0341. The minimum Gasteiger partial charge on any atom is -0.466 e. The van der Waals surface area contributed by atoms with E-state index in [0.29, 0.717) is 19.1 Å². The first kappa shape index (κ1) is 16.7. The van der Waals surface area contributed by atoms with Crippen molar-refractivity contribution in [1.29, 1.82) is 0 Å². The number of hydrogen-bond donors (Lipinski definition) is 0. The maximum Gasteiger partial charge on any atom is 0.307 e. The molecule has 5 nitrogen and oxygen atoms in total. The maximum atomic E-state index is 12.1. The molecule has 0 bridgehead atoms. The van der Waals surface area contributed by atoms with Crippen LogP contribution in [0.15, 0.2) is 0 Å². The number of hydrogen-bond acceptors (Lipinski definition) is 5. The van der Waals surface area contributed by atoms with Crippen molar-refractivity contribution in [1.82, 2.24) is 14.7 Å². The second kappa shape index (κ2) is 7.07. The van der Waals surface area contributed by atoms with E-state index in [9.17, 15) is 4.79 Å². The summed E-state index contributed by atoms with van der Waals surface area (Å²) in [6.07, 6.45) is 2.67. The zero-order valence-electron chi connectivity index (χ0n) is 14.1. The van der Waals surface area contributed by atoms with Crippen molar-refractivity contribution >= 4 is 5.97 Å². The average molecular weight is 297 g/mol. The largest absolute Gasteiger partial charge is 0.466 e. The van der Waals surface area contributed by atoms with Gasteiger partial charge in [0.15, 0.2) is 0 Å². The fourth-order valence-corrected chi connectivity index (χ4v) is 3.73. The van der Waals surface area contributed by atoms with Crippen LogP contribution >= 0.6 is 0 Å². The second-order valence-electron chi connectivity index (χ2n) is 6.78. The molecule has 0 N–H and O–H groups in total. The third kappa shape index (κ3) is 3.96. The zero-order chi connectivity index (χ0) is 15.5. The van der Waals surface area contributed by atoms with Gasteiger partial charge in [-0.1, -0.05) is 0 Å². The van der Waals surface area contributed by atoms with Crippen molar-refractivity contribution in [3.8, 4) is 0 Å². The Morgan fingerprint density at radius 3 is 2.43 bits per heavy atom. The number of piperidine rings is 1. The van der Waals surface area contributed by atoms with Crippen molar-refractivity contribution in [2.45, 2.75) is 44.7 Å². The summed E-state index contributed by atoms with van der Waals surface area (Å²) in [5, 5.41) is 0. The summed E-state index contributed by atoms with van der Waals surface area (Å²) in [5.41, 5.74) is -0.000556. The van der Waals surface area contributed by atoms with Crippen LogP contribution in [-0.4, -0.2) is 85.7 Å². The molecule has 0 amide bonds. The molecule has 0 aromatic carbocycles. The Morgan fingerprint density at radius 1 is 1.19 bits per heavy atom. The first-order valence-corrected chi connectivity index (χ1v) is 8.26. The Kier molecular flexibility index (Phi) is 5.63. The molecule has 0 radical (unpaired) electrons. The number of likely N-dealkylation sites (N-methyl/N-ethyl adjacent to an activating group) is 1. The standard InChI is InChI=1S/C16H31N3O2/c1-5-21-15(20)13-16(6-7-18(4)14(2)12-16)19-10-8-17(3)9-11-19/h14H,5-13H2,1-4H3. The fraction of sp³-hybridized carbons (Fsp3) is 0.938. The van der Waals surface area contributed by atoms with E-state index in [4.69, 9.17) is 4.74 Å². The topological polar surface area (TPSA) is 36.0 Å². The summed E-state index contributed by atoms with van der Waals surface area (Å²) in [7, 11) is 4.36. The predicted octanol–water partition coefficient (Wildman–Crippen LogP) is 1.04. The van der Waals surface area contributed by atoms with Crippen molar-refractivity contribution in [3.05, 3.63) is 0 Å². The Balaban J connectivity index is 2.11. The molecular formula is C16H31N3O2. The molecule has 2 atom stereocenters. The molecule has 5 heteroatoms. The second-order valence-corrected chi connectivity index (χ2v) is 6.78. The van der Waals surface area contributed by atoms with Gasteiger partial charge in [0, 0.05) is 37.8 Å². The van der Waals surface area contributed by atoms with E-state index in [1.54, 1.807) is 0 Å². The molecule has 122 valence electrons. The Bertz CT molecular complexity index is 355. The van der Waals surface area contributed by atoms with Gasteiger partial charge in [0.25, 0.3) is 0 Å². The summed E-state index contributed by atoms with van der Waals surface area (Å²) in [4.78, 5) is 19.5. The SMILES string of the molecule is CCOC(=O)CC1(N2CCN(C)CC2)CCN(C)C(C)C1. The van der Waals surface area contributed by atoms with E-state index >= 15 is 0 Å². The summed E-state index contributed by atoms with van der Waals surface area (Å²) >= 11 is 0. The van der Waals surface area contributed by atoms with Crippen molar-refractivity contribution < 1.29 is 9.53 Å². The molecule has 2 saturated heterocycles. The number of likely N-dealkylation sites (tertiary alicyclic amines) is 1. The predicted molar refractivity (Wildman–Crippen MR) is 84.4 cm³/mol. The van der Waals surface area contributed by atoms with E-state index in [1.165, 1.54) is 0 Å². The molecule has 2 aliphatic rings. The fourth-order valence-electron chi connectivity index (χ4n) is 3.73. The van der Waals surface area contributed by atoms with Gasteiger partial charge in [0.2, 0.25) is 0 Å². The normalized spacial score (nSPS) is 33.0. The van der Waals surface area contributed by atoms with Gasteiger partial charge in [-0.3, -0.25) is 9.69 Å². The molecule has 0 spiro atoms. The molecule has 0 aliphatic carbocycles. The van der Waals surface area contributed by atoms with Crippen molar-refractivity contribution in [3.63, 3.8) is 0 Å². The lowest BCUT2D eigenvalue weighted by Crippen LogP contribution is -2.62. The number of carbonyl (C=O) groups excluding carboxylic acids is 1. The lowest BCUT2D eigenvalue weighted by Gasteiger charge is -2.52. The van der Waals surface area contributed by atoms with Crippen LogP contribution in [0, 0.1) is 0 Å². The third-order valence-electron chi connectivity index (χ3n) is 5.31. The molecule has 2 fully saturated rings. The number of ether oxygens (including phenoxy) is 1. The van der Waals surface area contributed by atoms with E-state index < -0.39 is 0 Å². The van der Waals surface area contributed by atoms with Crippen LogP contribution in [0.1, 0.15) is 33.1 Å². The summed E-state index contributed by atoms with van der Waals surface area (Å²) in [6, 6.07) is 0.521. The Morgan fingerprint density at radius 2 is 1.86 bits per heavy atom. The smallest absolute Gasteiger partial charge is 0.307 e. The van der Waals surface area contributed by atoms with Gasteiger partial charge in [-0.15, -0.1) is 0 Å². The molecule has 2 aliphatic heterocycles. The summed E-state index contributed by atoms with van der Waals surface area (Å²) < 4.78 is 5.25. The van der Waals surface area contributed by atoms with Gasteiger partial charge in [0.1, 0.15) is 0 Å². The molecule has 2 rings (SSSR count). The highest BCUT2D eigenvalue weighted by Crippen LogP contribution is 2.35. The van der Waals surface area contributed by atoms with Gasteiger partial charge in [-0.05, 0) is 47.3 Å². The van der Waals surface area contributed by atoms with Gasteiger partial charge in [-0.2, -0.15) is 0 Å². The Hall–Kier alpha value is -0.650. The number of nitrogens with zero attached hydrogens (tertiary/aromatic N) is 3. The van der Waals surface area contributed by atoms with Crippen LogP contribution in [0.3, 0.4) is 0 Å². The molecule has 0 aromatic rings. The van der Waals surface area contributed by atoms with Crippen LogP contribution in [0.2, 0.25) is 0 Å². The number of piperazine rings is 1. The summed E-state index contributed by atoms with van der Waals surface area (Å²) in [5.74, 6) is -0.0341. The third-order valence-corrected chi connectivity index (χ3v) is 5.31. The first-order valence-electron chi connectivity index (χ1n) is 8.26. The van der Waals surface area contributed by atoms with Crippen molar-refractivity contribution in [2.75, 3.05) is 53.4 Å². The Labute approximate surface area is 129 Å².